The number of hydrogen-bond donors (Lipinski definition) is 0. The average Bonchev–Trinajstić information content (AvgIpc) is 0.819. The van der Waals surface area contributed by atoms with Gasteiger partial charge < -0.3 is 9.47 Å². The summed E-state index contributed by atoms with van der Waals surface area (Å²) in [6, 6.07) is 84.9. The van der Waals surface area contributed by atoms with Crippen molar-refractivity contribution in [2.75, 3.05) is 13.2 Å². The number of ether oxygens (including phenoxy) is 2. The van der Waals surface area contributed by atoms with E-state index in [2.05, 4.69) is 266 Å². The molecule has 0 atom stereocenters. The molecule has 0 aliphatic rings. The Kier molecular flexibility index (Phi) is 42.8. The molecule has 0 spiro atoms. The Labute approximate surface area is 823 Å². The fourth-order valence-corrected chi connectivity index (χ4v) is 13.2. The third-order valence-electron chi connectivity index (χ3n) is 19.0. The predicted octanol–water partition coefficient (Wildman–Crippen LogP) is 4.84. The summed E-state index contributed by atoms with van der Waals surface area (Å²) in [6.07, 6.45) is 41.3. The van der Waals surface area contributed by atoms with E-state index in [0.717, 1.165) is 190 Å². The van der Waals surface area contributed by atoms with Gasteiger partial charge in [0.2, 0.25) is 0 Å². The first-order valence-electron chi connectivity index (χ1n) is 41.1. The molecule has 0 saturated heterocycles. The van der Waals surface area contributed by atoms with Crippen molar-refractivity contribution in [3.8, 4) is 11.5 Å². The van der Waals surface area contributed by atoms with Crippen molar-refractivity contribution >= 4 is 155 Å². The van der Waals surface area contributed by atoms with Gasteiger partial charge in [0.25, 0.3) is 0 Å². The van der Waals surface area contributed by atoms with Crippen LogP contribution in [-0.2, 0) is 39.0 Å². The topological polar surface area (TPSA) is 568 Å². The second-order valence-electron chi connectivity index (χ2n) is 28.4. The van der Waals surface area contributed by atoms with Gasteiger partial charge in [-0.05, 0) is 133 Å². The third-order valence-corrected chi connectivity index (χ3v) is 19.0. The molecule has 0 fully saturated rings. The van der Waals surface area contributed by atoms with Gasteiger partial charge in [0.1, 0.15) is 11.5 Å². The molecule has 690 valence electrons. The summed E-state index contributed by atoms with van der Waals surface area (Å²) in [5.74, 6) is 1.72. The molecular formula is C100H80Cl4N14O18Zn2. The van der Waals surface area contributed by atoms with Gasteiger partial charge in [0, 0.05) is 175 Å². The fourth-order valence-electron chi connectivity index (χ4n) is 13.2. The molecule has 0 N–H and O–H groups in total. The molecule has 0 saturated carbocycles. The van der Waals surface area contributed by atoms with Crippen LogP contribution in [0.5, 0.6) is 11.5 Å². The van der Waals surface area contributed by atoms with Gasteiger partial charge in [0.15, 0.2) is 0 Å². The van der Waals surface area contributed by atoms with Gasteiger partial charge in [0.05, 0.1) is 79.4 Å². The fraction of sp³-hybridized carbons (Fsp3) is 0.0800. The van der Waals surface area contributed by atoms with Crippen molar-refractivity contribution in [3.05, 3.63) is 376 Å². The summed E-state index contributed by atoms with van der Waals surface area (Å²) in [5.41, 5.74) is 15.9. The van der Waals surface area contributed by atoms with Crippen LogP contribution >= 0.6 is 0 Å². The molecule has 0 aliphatic carbocycles. The van der Waals surface area contributed by atoms with Crippen LogP contribution in [0.4, 0.5) is 0 Å². The van der Waals surface area contributed by atoms with E-state index < -0.39 is 41.0 Å². The first-order chi connectivity index (χ1) is 65.5. The maximum Gasteiger partial charge on any atom is 2.00 e. The predicted molar refractivity (Wildman–Crippen MR) is 476 cm³/mol. The zero-order valence-electron chi connectivity index (χ0n) is 73.6. The van der Waals surface area contributed by atoms with Crippen LogP contribution in [-0.4, -0.2) is 83.0 Å². The monoisotopic (exact) mass is 2030 g/mol. The Balaban J connectivity index is 0.000000177. The molecule has 21 aromatic rings. The van der Waals surface area contributed by atoms with E-state index in [1.807, 2.05) is 97.1 Å². The molecule has 0 aliphatic heterocycles. The Bertz CT molecular complexity index is 6150. The largest absolute Gasteiger partial charge is 2.00 e. The van der Waals surface area contributed by atoms with Crippen LogP contribution in [0.2, 0.25) is 0 Å². The molecule has 7 aromatic carbocycles. The van der Waals surface area contributed by atoms with Crippen molar-refractivity contribution < 1.29 is 164 Å². The number of halogens is 4. The van der Waals surface area contributed by atoms with E-state index in [0.29, 0.717) is 13.2 Å². The zero-order valence-corrected chi connectivity index (χ0v) is 82.5. The van der Waals surface area contributed by atoms with E-state index in [-0.39, 0.29) is 39.0 Å². The number of benzene rings is 7. The van der Waals surface area contributed by atoms with E-state index in [4.69, 9.17) is 84.0 Å². The molecule has 32 nitrogen and oxygen atoms in total. The van der Waals surface area contributed by atoms with Crippen molar-refractivity contribution in [1.29, 1.82) is 0 Å². The Hall–Kier alpha value is -13.4. The summed E-state index contributed by atoms with van der Waals surface area (Å²) in [4.78, 5) is 60.3. The summed E-state index contributed by atoms with van der Waals surface area (Å²) < 4.78 is 148. The summed E-state index contributed by atoms with van der Waals surface area (Å²) >= 11 is 0. The second-order valence-corrected chi connectivity index (χ2v) is 31.4. The quantitative estimate of drug-likeness (QED) is 0.0896. The number of unbranched alkanes of at least 4 members (excludes halogenated alkanes) is 2. The molecule has 138 heavy (non-hydrogen) atoms. The number of fused-ring (bicyclic) bond motifs is 18. The van der Waals surface area contributed by atoms with Crippen molar-refractivity contribution in [2.24, 2.45) is 0 Å². The van der Waals surface area contributed by atoms with E-state index in [1.54, 1.807) is 99.1 Å². The normalized spacial score (nSPS) is 11.0. The SMILES string of the molecule is CCCCOc1cc(/C=C/c2ccncc2)c(OCCCC)cc1/C=C/c1ccncc1.[O-][Cl+3]([O-])([O-])[O-].[O-][Cl+3]([O-])([O-])[O-].[O-][Cl+3]([O-])([O-])[O-].[O-][Cl+3]([O-])([O-])[O-].[Zn+2].[Zn+2].c1cnc2c(c1)ccc1cccnc12.c1cnc2c(c1)ccc1cccnc12.c1cnc2c(c1)ccc1cccnc12.c1cnc2c(c1)ccc1cccnc12.c1cnc2c(c1)ccc1cccnc12.c1cnc2c(c1)ccc1cccnc12. The van der Waals surface area contributed by atoms with Gasteiger partial charge in [-0.15, -0.1) is 41.0 Å². The standard InChI is InChI=1S/C28H32N2O2.6C12H8N2.4ClHO4.2Zn/c1-3-5-19-31-27-21-26(10-8-24-13-17-30-18-14-24)28(32-20-6-4-2)22-25(27)9-7-23-11-15-29-16-12-23;6*1-3-9-5-6-10-4-2-8-14-12(10)11(9)13-7-1;4*2-1(3,4)5;;/h7-18,21-22H,3-6,19-20H2,1-2H3;6*1-8H;4*(H,2,3,4,5);;/q;;;;;;;;;;;2*+2/p-4/b9-7+,10-8+;;;;;;;;;;;;. The Morgan fingerprint density at radius 1 is 0.210 bits per heavy atom. The summed E-state index contributed by atoms with van der Waals surface area (Å²) in [7, 11) is -19.8. The van der Waals surface area contributed by atoms with Crippen LogP contribution in [0.15, 0.2) is 354 Å². The number of hydrogen-bond acceptors (Lipinski definition) is 32. The molecular weight excluding hydrogens is 1960 g/mol. The van der Waals surface area contributed by atoms with Gasteiger partial charge in [-0.1, -0.05) is 197 Å². The maximum absolute atomic E-state index is 8.49. The van der Waals surface area contributed by atoms with Crippen molar-refractivity contribution in [1.82, 2.24) is 69.8 Å². The van der Waals surface area contributed by atoms with E-state index >= 15 is 0 Å². The van der Waals surface area contributed by atoms with Crippen LogP contribution in [0.25, 0.3) is 155 Å². The van der Waals surface area contributed by atoms with E-state index in [9.17, 15) is 0 Å². The average molecular weight is 2040 g/mol. The molecule has 0 unspecified atom stereocenters. The Morgan fingerprint density at radius 3 is 0.493 bits per heavy atom. The molecule has 21 rings (SSSR count). The maximum atomic E-state index is 8.49. The number of pyridine rings is 14. The van der Waals surface area contributed by atoms with Crippen LogP contribution in [0, 0.1) is 41.0 Å². The first kappa shape index (κ1) is 108. The van der Waals surface area contributed by atoms with Gasteiger partial charge in [-0.25, -0.2) is 74.5 Å². The second kappa shape index (κ2) is 54.5. The Morgan fingerprint density at radius 2 is 0.355 bits per heavy atom. The molecule has 14 heterocycles. The molecule has 0 bridgehead atoms. The zero-order chi connectivity index (χ0) is 96.7. The van der Waals surface area contributed by atoms with Crippen molar-refractivity contribution in [2.45, 2.75) is 39.5 Å². The molecule has 38 heteroatoms. The van der Waals surface area contributed by atoms with Gasteiger partial charge in [-0.3, -0.25) is 69.8 Å². The minimum Gasteiger partial charge on any atom is -0.493 e. The van der Waals surface area contributed by atoms with Gasteiger partial charge in [-0.2, -0.15) is 0 Å². The number of rotatable bonds is 12. The van der Waals surface area contributed by atoms with Gasteiger partial charge >= 0.3 is 39.0 Å². The van der Waals surface area contributed by atoms with Crippen LogP contribution < -0.4 is 84.0 Å². The minimum absolute atomic E-state index is 0. The minimum atomic E-state index is -4.94. The summed E-state index contributed by atoms with van der Waals surface area (Å²) in [6.45, 7) is 5.72. The number of aromatic nitrogens is 14. The molecule has 14 aromatic heterocycles. The third kappa shape index (κ3) is 35.9. The summed E-state index contributed by atoms with van der Waals surface area (Å²) in [5, 5.41) is 13.7. The van der Waals surface area contributed by atoms with E-state index in [1.165, 1.54) is 0 Å². The first-order valence-corrected chi connectivity index (χ1v) is 46.0. The molecule has 0 amide bonds. The van der Waals surface area contributed by atoms with Crippen LogP contribution in [0.1, 0.15) is 61.8 Å². The smallest absolute Gasteiger partial charge is 0.493 e. The van der Waals surface area contributed by atoms with Crippen LogP contribution in [0.3, 0.4) is 0 Å². The van der Waals surface area contributed by atoms with Crippen molar-refractivity contribution in [3.63, 3.8) is 0 Å². The molecule has 0 radical (unpaired) electrons. The number of nitrogens with zero attached hydrogens (tertiary/aromatic N) is 14.